The number of ether oxygens (including phenoxy) is 2. The average molecular weight is 372 g/mol. The van der Waals surface area contributed by atoms with Gasteiger partial charge < -0.3 is 14.6 Å². The number of hydrogen-bond acceptors (Lipinski definition) is 7. The number of amides is 1. The molecule has 0 spiro atoms. The summed E-state index contributed by atoms with van der Waals surface area (Å²) in [6.45, 7) is 0.715. The van der Waals surface area contributed by atoms with Crippen molar-refractivity contribution < 1.29 is 27.8 Å². The number of carbonyl (C=O) groups excluding carboxylic acids is 1. The molecule has 2 rings (SSSR count). The number of nitrogens with one attached hydrogen (secondary N) is 2. The number of hydrazone groups is 1. The Morgan fingerprint density at radius 1 is 1.44 bits per heavy atom. The molecular weight excluding hydrogens is 352 g/mol. The second-order valence-corrected chi connectivity index (χ2v) is 6.82. The van der Waals surface area contributed by atoms with E-state index in [1.54, 1.807) is 6.07 Å². The molecule has 0 saturated carbocycles. The highest BCUT2D eigenvalue weighted by atomic mass is 32.2. The molecule has 1 amide bonds. The van der Waals surface area contributed by atoms with Gasteiger partial charge in [-0.3, -0.25) is 4.79 Å². The topological polar surface area (TPSA) is 130 Å². The number of phenols is 1. The Kier molecular flexibility index (Phi) is 6.70. The molecule has 0 aliphatic carbocycles. The van der Waals surface area contributed by atoms with Crippen LogP contribution in [0.15, 0.2) is 23.3 Å². The summed E-state index contributed by atoms with van der Waals surface area (Å²) in [7, 11) is -2.31. The van der Waals surface area contributed by atoms with Crippen molar-refractivity contribution in [1.82, 2.24) is 14.5 Å². The van der Waals surface area contributed by atoms with Crippen LogP contribution in [0.1, 0.15) is 5.56 Å². The van der Waals surface area contributed by atoms with Crippen LogP contribution in [0.4, 0.5) is 0 Å². The summed E-state index contributed by atoms with van der Waals surface area (Å²) < 4.78 is 37.4. The summed E-state index contributed by atoms with van der Waals surface area (Å²) in [6.07, 6.45) is 1.34. The molecular formula is C14H20N4O6S. The standard InChI is InChI=1S/C14H20N4O6S/c1-23-13-8-11(2-3-12(13)19)9-15-17-14(20)10-16-25(21,22)18-4-6-24-7-5-18/h2-3,8-9,16,19H,4-7,10H2,1H3,(H,17,20)/b15-9+. The van der Waals surface area contributed by atoms with Gasteiger partial charge in [-0.2, -0.15) is 22.5 Å². The van der Waals surface area contributed by atoms with E-state index in [0.29, 0.717) is 18.8 Å². The zero-order valence-corrected chi connectivity index (χ0v) is 14.5. The third kappa shape index (κ3) is 5.67. The molecule has 1 saturated heterocycles. The second-order valence-electron chi connectivity index (χ2n) is 5.06. The minimum Gasteiger partial charge on any atom is -0.504 e. The number of rotatable bonds is 7. The van der Waals surface area contributed by atoms with Crippen molar-refractivity contribution in [2.45, 2.75) is 0 Å². The molecule has 11 heteroatoms. The third-order valence-corrected chi connectivity index (χ3v) is 4.89. The highest BCUT2D eigenvalue weighted by Gasteiger charge is 2.24. The molecule has 1 aliphatic heterocycles. The van der Waals surface area contributed by atoms with Gasteiger partial charge >= 0.3 is 0 Å². The highest BCUT2D eigenvalue weighted by molar-refractivity contribution is 7.87. The summed E-state index contributed by atoms with van der Waals surface area (Å²) in [5.74, 6) is -0.353. The summed E-state index contributed by atoms with van der Waals surface area (Å²) in [4.78, 5) is 11.7. The zero-order chi connectivity index (χ0) is 18.3. The van der Waals surface area contributed by atoms with Gasteiger partial charge in [-0.1, -0.05) is 0 Å². The van der Waals surface area contributed by atoms with Crippen molar-refractivity contribution in [3.8, 4) is 11.5 Å². The van der Waals surface area contributed by atoms with E-state index < -0.39 is 22.7 Å². The average Bonchev–Trinajstić information content (AvgIpc) is 2.62. The molecule has 0 radical (unpaired) electrons. The van der Waals surface area contributed by atoms with Gasteiger partial charge in [0.15, 0.2) is 11.5 Å². The fourth-order valence-corrected chi connectivity index (χ4v) is 3.15. The van der Waals surface area contributed by atoms with E-state index >= 15 is 0 Å². The molecule has 1 aromatic rings. The van der Waals surface area contributed by atoms with Crippen LogP contribution in [0.3, 0.4) is 0 Å². The smallest absolute Gasteiger partial charge is 0.280 e. The summed E-state index contributed by atoms with van der Waals surface area (Å²) in [6, 6.07) is 4.54. The molecule has 25 heavy (non-hydrogen) atoms. The largest absolute Gasteiger partial charge is 0.504 e. The van der Waals surface area contributed by atoms with Crippen LogP contribution in [0.5, 0.6) is 11.5 Å². The van der Waals surface area contributed by atoms with Gasteiger partial charge in [0.05, 0.1) is 33.1 Å². The van der Waals surface area contributed by atoms with E-state index in [4.69, 9.17) is 9.47 Å². The molecule has 10 nitrogen and oxygen atoms in total. The second kappa shape index (κ2) is 8.76. The minimum atomic E-state index is -3.72. The van der Waals surface area contributed by atoms with E-state index in [1.807, 2.05) is 0 Å². The molecule has 0 bridgehead atoms. The predicted octanol–water partition coefficient (Wildman–Crippen LogP) is -0.982. The van der Waals surface area contributed by atoms with Crippen molar-refractivity contribution >= 4 is 22.3 Å². The van der Waals surface area contributed by atoms with Crippen LogP contribution in [0.25, 0.3) is 0 Å². The van der Waals surface area contributed by atoms with Crippen LogP contribution in [0, 0.1) is 0 Å². The maximum Gasteiger partial charge on any atom is 0.280 e. The summed E-state index contributed by atoms with van der Waals surface area (Å²) >= 11 is 0. The van der Waals surface area contributed by atoms with Gasteiger partial charge in [0.2, 0.25) is 0 Å². The van der Waals surface area contributed by atoms with Crippen LogP contribution in [-0.2, 0) is 19.7 Å². The van der Waals surface area contributed by atoms with Gasteiger partial charge in [0.25, 0.3) is 16.1 Å². The summed E-state index contributed by atoms with van der Waals surface area (Å²) in [5.41, 5.74) is 2.80. The zero-order valence-electron chi connectivity index (χ0n) is 13.6. The number of nitrogens with zero attached hydrogens (tertiary/aromatic N) is 2. The lowest BCUT2D eigenvalue weighted by Crippen LogP contribution is -2.48. The molecule has 1 fully saturated rings. The Morgan fingerprint density at radius 3 is 2.84 bits per heavy atom. The lowest BCUT2D eigenvalue weighted by Gasteiger charge is -2.25. The SMILES string of the molecule is COc1cc(/C=N/NC(=O)CNS(=O)(=O)N2CCOCC2)ccc1O. The molecule has 3 N–H and O–H groups in total. The van der Waals surface area contributed by atoms with E-state index in [0.717, 1.165) is 0 Å². The van der Waals surface area contributed by atoms with Crippen LogP contribution in [-0.4, -0.2) is 69.9 Å². The number of methoxy groups -OCH3 is 1. The first kappa shape index (κ1) is 19.1. The number of morpholine rings is 1. The number of hydrogen-bond donors (Lipinski definition) is 3. The van der Waals surface area contributed by atoms with Crippen molar-refractivity contribution in [2.75, 3.05) is 40.0 Å². The number of aromatic hydroxyl groups is 1. The highest BCUT2D eigenvalue weighted by Crippen LogP contribution is 2.25. The normalized spacial score (nSPS) is 16.0. The minimum absolute atomic E-state index is 0.0128. The Labute approximate surface area is 145 Å². The van der Waals surface area contributed by atoms with Gasteiger partial charge in [-0.05, 0) is 23.8 Å². The number of benzene rings is 1. The van der Waals surface area contributed by atoms with Crippen LogP contribution in [0.2, 0.25) is 0 Å². The number of phenolic OH excluding ortho intramolecular Hbond substituents is 1. The van der Waals surface area contributed by atoms with Gasteiger partial charge in [0.1, 0.15) is 0 Å². The Morgan fingerprint density at radius 2 is 2.16 bits per heavy atom. The monoisotopic (exact) mass is 372 g/mol. The fourth-order valence-electron chi connectivity index (χ4n) is 2.03. The van der Waals surface area contributed by atoms with E-state index in [1.165, 1.54) is 29.8 Å². The van der Waals surface area contributed by atoms with Crippen molar-refractivity contribution in [2.24, 2.45) is 5.10 Å². The quantitative estimate of drug-likeness (QED) is 0.417. The van der Waals surface area contributed by atoms with Crippen LogP contribution < -0.4 is 14.9 Å². The van der Waals surface area contributed by atoms with Crippen molar-refractivity contribution in [3.63, 3.8) is 0 Å². The van der Waals surface area contributed by atoms with Crippen molar-refractivity contribution in [1.29, 1.82) is 0 Å². The maximum absolute atomic E-state index is 12.0. The molecule has 1 aromatic carbocycles. The first-order chi connectivity index (χ1) is 11.9. The Balaban J connectivity index is 1.82. The molecule has 1 heterocycles. The van der Waals surface area contributed by atoms with Crippen molar-refractivity contribution in [3.05, 3.63) is 23.8 Å². The molecule has 0 atom stereocenters. The lowest BCUT2D eigenvalue weighted by atomic mass is 10.2. The first-order valence-electron chi connectivity index (χ1n) is 7.44. The molecule has 138 valence electrons. The Bertz CT molecular complexity index is 731. The molecule has 0 aromatic heterocycles. The lowest BCUT2D eigenvalue weighted by molar-refractivity contribution is -0.119. The third-order valence-electron chi connectivity index (χ3n) is 3.33. The maximum atomic E-state index is 12.0. The predicted molar refractivity (Wildman–Crippen MR) is 89.7 cm³/mol. The van der Waals surface area contributed by atoms with Crippen LogP contribution >= 0.6 is 0 Å². The van der Waals surface area contributed by atoms with E-state index in [-0.39, 0.29) is 24.6 Å². The van der Waals surface area contributed by atoms with E-state index in [9.17, 15) is 18.3 Å². The molecule has 1 aliphatic rings. The Hall–Kier alpha value is -2.21. The van der Waals surface area contributed by atoms with Gasteiger partial charge in [-0.15, -0.1) is 0 Å². The van der Waals surface area contributed by atoms with E-state index in [2.05, 4.69) is 15.2 Å². The number of carbonyl (C=O) groups is 1. The van der Waals surface area contributed by atoms with Gasteiger partial charge in [0, 0.05) is 13.1 Å². The molecule has 0 unspecified atom stereocenters. The fraction of sp³-hybridized carbons (Fsp3) is 0.429. The first-order valence-corrected chi connectivity index (χ1v) is 8.88. The van der Waals surface area contributed by atoms with Gasteiger partial charge in [-0.25, -0.2) is 5.43 Å². The summed E-state index contributed by atoms with van der Waals surface area (Å²) in [5, 5.41) is 13.2.